The smallest absolute Gasteiger partial charge is 0.321 e. The van der Waals surface area contributed by atoms with Crippen LogP contribution in [0.1, 0.15) is 18.7 Å². The minimum Gasteiger partial charge on any atom is -0.481 e. The fourth-order valence-corrected chi connectivity index (χ4v) is 3.90. The van der Waals surface area contributed by atoms with Gasteiger partial charge < -0.3 is 14.8 Å². The van der Waals surface area contributed by atoms with Crippen LogP contribution in [0.5, 0.6) is 11.9 Å². The maximum Gasteiger partial charge on any atom is 0.321 e. The van der Waals surface area contributed by atoms with E-state index in [0.717, 1.165) is 6.20 Å². The van der Waals surface area contributed by atoms with Crippen LogP contribution in [0.2, 0.25) is 0 Å². The first-order valence-electron chi connectivity index (χ1n) is 9.65. The van der Waals surface area contributed by atoms with Gasteiger partial charge in [0.25, 0.3) is 10.0 Å². The highest BCUT2D eigenvalue weighted by atomic mass is 32.2. The molecular weight excluding hydrogens is 470 g/mol. The van der Waals surface area contributed by atoms with Crippen molar-refractivity contribution in [1.82, 2.24) is 19.7 Å². The molecule has 3 rings (SSSR count). The number of nitro groups is 1. The van der Waals surface area contributed by atoms with Crippen LogP contribution in [-0.2, 0) is 14.8 Å². The lowest BCUT2D eigenvalue weighted by Crippen LogP contribution is -2.25. The molecule has 34 heavy (non-hydrogen) atoms. The van der Waals surface area contributed by atoms with Crippen LogP contribution < -0.4 is 19.5 Å². The third-order valence-electron chi connectivity index (χ3n) is 4.71. The number of carbonyl (C=O) groups is 1. The van der Waals surface area contributed by atoms with Gasteiger partial charge in [0.1, 0.15) is 17.9 Å². The number of amides is 1. The topological polar surface area (TPSA) is 180 Å². The summed E-state index contributed by atoms with van der Waals surface area (Å²) in [5, 5.41) is 17.5. The summed E-state index contributed by atoms with van der Waals surface area (Å²) in [6.45, 7) is 3.02. The largest absolute Gasteiger partial charge is 0.481 e. The first kappa shape index (κ1) is 24.4. The van der Waals surface area contributed by atoms with E-state index < -0.39 is 26.9 Å². The Morgan fingerprint density at radius 1 is 1.18 bits per heavy atom. The number of benzene rings is 1. The lowest BCUT2D eigenvalue weighted by atomic mass is 10.2. The Bertz CT molecular complexity index is 1300. The molecule has 2 heterocycles. The maximum atomic E-state index is 12.7. The number of carbonyl (C=O) groups excluding carboxylic acids is 1. The number of methoxy groups -OCH3 is 2. The van der Waals surface area contributed by atoms with Gasteiger partial charge in [0, 0.05) is 11.8 Å². The van der Waals surface area contributed by atoms with Crippen molar-refractivity contribution in [3.63, 3.8) is 0 Å². The van der Waals surface area contributed by atoms with Crippen LogP contribution in [-0.4, -0.2) is 53.2 Å². The summed E-state index contributed by atoms with van der Waals surface area (Å²) in [7, 11) is -1.33. The standard InChI is InChI=1S/C19H21N7O7S/c1-11-15(26(28)29)10-20-25(11)12(2)18(27)21-13-5-7-14(8-6-13)34(30,31)24-16-9-17(32-3)23-19(22-16)33-4/h5-10,12H,1-4H3,(H,21,27)(H,22,23,24). The molecule has 0 aliphatic heterocycles. The molecule has 1 atom stereocenters. The Balaban J connectivity index is 1.73. The molecule has 14 nitrogen and oxygen atoms in total. The third-order valence-corrected chi connectivity index (χ3v) is 6.08. The summed E-state index contributed by atoms with van der Waals surface area (Å²) in [6.07, 6.45) is 1.08. The molecule has 0 bridgehead atoms. The summed E-state index contributed by atoms with van der Waals surface area (Å²) < 4.78 is 38.9. The number of nitrogens with one attached hydrogen (secondary N) is 2. The molecule has 1 aromatic carbocycles. The number of sulfonamides is 1. The van der Waals surface area contributed by atoms with E-state index in [0.29, 0.717) is 5.69 Å². The van der Waals surface area contributed by atoms with Crippen molar-refractivity contribution in [3.8, 4) is 11.9 Å². The highest BCUT2D eigenvalue weighted by molar-refractivity contribution is 7.92. The highest BCUT2D eigenvalue weighted by Gasteiger charge is 2.24. The van der Waals surface area contributed by atoms with Gasteiger partial charge in [-0.2, -0.15) is 15.1 Å². The summed E-state index contributed by atoms with van der Waals surface area (Å²) in [5.74, 6) is -0.442. The summed E-state index contributed by atoms with van der Waals surface area (Å²) in [4.78, 5) is 30.7. The van der Waals surface area contributed by atoms with Crippen LogP contribution in [0.15, 0.2) is 41.4 Å². The molecule has 0 saturated heterocycles. The molecule has 15 heteroatoms. The molecule has 1 unspecified atom stereocenters. The van der Waals surface area contributed by atoms with Gasteiger partial charge in [0.05, 0.1) is 24.0 Å². The number of anilines is 2. The van der Waals surface area contributed by atoms with Crippen molar-refractivity contribution in [2.45, 2.75) is 24.8 Å². The quantitative estimate of drug-likeness (QED) is 0.331. The molecule has 2 aromatic heterocycles. The second-order valence-corrected chi connectivity index (χ2v) is 8.58. The molecule has 0 aliphatic rings. The molecule has 0 aliphatic carbocycles. The van der Waals surface area contributed by atoms with E-state index in [4.69, 9.17) is 9.47 Å². The number of hydrogen-bond donors (Lipinski definition) is 2. The molecule has 0 saturated carbocycles. The van der Waals surface area contributed by atoms with Crippen molar-refractivity contribution >= 4 is 33.1 Å². The first-order chi connectivity index (χ1) is 16.1. The van der Waals surface area contributed by atoms with Crippen LogP contribution in [0.25, 0.3) is 0 Å². The molecule has 3 aromatic rings. The second-order valence-electron chi connectivity index (χ2n) is 6.89. The summed E-state index contributed by atoms with van der Waals surface area (Å²) in [6, 6.07) is 5.75. The average molecular weight is 491 g/mol. The van der Waals surface area contributed by atoms with Gasteiger partial charge in [-0.25, -0.2) is 8.42 Å². The zero-order valence-corrected chi connectivity index (χ0v) is 19.4. The highest BCUT2D eigenvalue weighted by Crippen LogP contribution is 2.23. The zero-order chi connectivity index (χ0) is 25.0. The van der Waals surface area contributed by atoms with Crippen molar-refractivity contribution in [3.05, 3.63) is 52.3 Å². The Hall–Kier alpha value is -4.27. The third kappa shape index (κ3) is 5.20. The predicted molar refractivity (Wildman–Crippen MR) is 119 cm³/mol. The van der Waals surface area contributed by atoms with E-state index in [1.807, 2.05) is 0 Å². The Morgan fingerprint density at radius 2 is 1.85 bits per heavy atom. The molecule has 180 valence electrons. The first-order valence-corrected chi connectivity index (χ1v) is 11.1. The Morgan fingerprint density at radius 3 is 2.41 bits per heavy atom. The second kappa shape index (κ2) is 9.70. The number of rotatable bonds is 9. The Kier molecular flexibility index (Phi) is 6.95. The lowest BCUT2D eigenvalue weighted by molar-refractivity contribution is -0.385. The van der Waals surface area contributed by atoms with E-state index in [9.17, 15) is 23.3 Å². The number of ether oxygens (including phenoxy) is 2. The summed E-state index contributed by atoms with van der Waals surface area (Å²) in [5.41, 5.74) is 0.360. The zero-order valence-electron chi connectivity index (χ0n) is 18.5. The lowest BCUT2D eigenvalue weighted by Gasteiger charge is -2.14. The number of nitrogens with zero attached hydrogens (tertiary/aromatic N) is 5. The van der Waals surface area contributed by atoms with Crippen molar-refractivity contribution < 1.29 is 27.6 Å². The van der Waals surface area contributed by atoms with Crippen molar-refractivity contribution in [2.75, 3.05) is 24.3 Å². The van der Waals surface area contributed by atoms with E-state index in [-0.39, 0.29) is 34.0 Å². The van der Waals surface area contributed by atoms with Gasteiger partial charge in [-0.05, 0) is 38.1 Å². The maximum absolute atomic E-state index is 12.7. The van der Waals surface area contributed by atoms with Gasteiger partial charge in [-0.15, -0.1) is 0 Å². The van der Waals surface area contributed by atoms with Gasteiger partial charge in [0.15, 0.2) is 5.82 Å². The van der Waals surface area contributed by atoms with E-state index in [1.165, 1.54) is 63.1 Å². The predicted octanol–water partition coefficient (Wildman–Crippen LogP) is 1.91. The molecular formula is C19H21N7O7S. The molecule has 2 N–H and O–H groups in total. The van der Waals surface area contributed by atoms with Gasteiger partial charge in [-0.3, -0.25) is 24.3 Å². The van der Waals surface area contributed by atoms with E-state index >= 15 is 0 Å². The van der Waals surface area contributed by atoms with Crippen LogP contribution in [0.3, 0.4) is 0 Å². The molecule has 0 radical (unpaired) electrons. The SMILES string of the molecule is COc1cc(NS(=O)(=O)c2ccc(NC(=O)C(C)n3ncc([N+](=O)[O-])c3C)cc2)nc(OC)n1. The van der Waals surface area contributed by atoms with Gasteiger partial charge >= 0.3 is 11.7 Å². The minimum atomic E-state index is -4.02. The number of aromatic nitrogens is 4. The van der Waals surface area contributed by atoms with E-state index in [2.05, 4.69) is 25.1 Å². The van der Waals surface area contributed by atoms with Crippen LogP contribution in [0.4, 0.5) is 17.2 Å². The molecule has 1 amide bonds. The normalized spacial score (nSPS) is 12.0. The Labute approximate surface area is 194 Å². The van der Waals surface area contributed by atoms with Crippen LogP contribution >= 0.6 is 0 Å². The average Bonchev–Trinajstić information content (AvgIpc) is 3.19. The van der Waals surface area contributed by atoms with Gasteiger partial charge in [-0.1, -0.05) is 0 Å². The fourth-order valence-electron chi connectivity index (χ4n) is 2.91. The van der Waals surface area contributed by atoms with Crippen molar-refractivity contribution in [1.29, 1.82) is 0 Å². The summed E-state index contributed by atoms with van der Waals surface area (Å²) >= 11 is 0. The van der Waals surface area contributed by atoms with E-state index in [1.54, 1.807) is 0 Å². The molecule has 0 fully saturated rings. The number of hydrogen-bond acceptors (Lipinski definition) is 10. The van der Waals surface area contributed by atoms with Gasteiger partial charge in [0.2, 0.25) is 11.8 Å². The molecule has 0 spiro atoms. The fraction of sp³-hybridized carbons (Fsp3) is 0.263. The monoisotopic (exact) mass is 491 g/mol. The van der Waals surface area contributed by atoms with Crippen molar-refractivity contribution in [2.24, 2.45) is 0 Å². The minimum absolute atomic E-state index is 0.0569. The van der Waals surface area contributed by atoms with Crippen LogP contribution in [0, 0.1) is 17.0 Å².